The van der Waals surface area contributed by atoms with E-state index >= 15 is 0 Å². The first-order chi connectivity index (χ1) is 5.24. The first kappa shape index (κ1) is 8.37. The van der Waals surface area contributed by atoms with Gasteiger partial charge < -0.3 is 10.2 Å². The number of guanidine groups is 1. The van der Waals surface area contributed by atoms with E-state index in [0.717, 1.165) is 12.5 Å². The minimum Gasteiger partial charge on any atom is -0.354 e. The fourth-order valence-corrected chi connectivity index (χ4v) is 0.876. The number of hydrogen-bond acceptors (Lipinski definition) is 1. The zero-order valence-electron chi connectivity index (χ0n) is 7.59. The lowest BCUT2D eigenvalue weighted by atomic mass is 10.6. The molecular weight excluding hydrogens is 138 g/mol. The molecule has 0 aliphatic heterocycles. The quantitative estimate of drug-likeness (QED) is 0.469. The molecule has 0 aromatic heterocycles. The molecule has 1 saturated carbocycles. The van der Waals surface area contributed by atoms with E-state index in [9.17, 15) is 0 Å². The Balaban J connectivity index is 2.37. The summed E-state index contributed by atoms with van der Waals surface area (Å²) in [6.45, 7) is 2.91. The number of nitrogens with one attached hydrogen (secondary N) is 1. The zero-order chi connectivity index (χ0) is 8.27. The van der Waals surface area contributed by atoms with Crippen molar-refractivity contribution in [2.24, 2.45) is 4.99 Å². The van der Waals surface area contributed by atoms with E-state index in [4.69, 9.17) is 0 Å². The third kappa shape index (κ3) is 2.78. The van der Waals surface area contributed by atoms with Crippen LogP contribution in [0.1, 0.15) is 19.8 Å². The van der Waals surface area contributed by atoms with Crippen LogP contribution in [-0.4, -0.2) is 37.5 Å². The molecular formula is C8H17N3. The fraction of sp³-hybridized carbons (Fsp3) is 0.875. The molecule has 0 saturated heterocycles. The van der Waals surface area contributed by atoms with E-state index < -0.39 is 0 Å². The molecule has 1 aliphatic carbocycles. The van der Waals surface area contributed by atoms with Crippen molar-refractivity contribution in [3.8, 4) is 0 Å². The minimum absolute atomic E-state index is 0.697. The highest BCUT2D eigenvalue weighted by molar-refractivity contribution is 5.80. The highest BCUT2D eigenvalue weighted by atomic mass is 15.3. The molecule has 0 bridgehead atoms. The van der Waals surface area contributed by atoms with E-state index in [1.165, 1.54) is 12.8 Å². The summed E-state index contributed by atoms with van der Waals surface area (Å²) in [7, 11) is 4.04. The normalized spacial score (nSPS) is 18.3. The lowest BCUT2D eigenvalue weighted by Crippen LogP contribution is -2.37. The average Bonchev–Trinajstić information content (AvgIpc) is 2.70. The van der Waals surface area contributed by atoms with Gasteiger partial charge in [-0.25, -0.2) is 0 Å². The van der Waals surface area contributed by atoms with Gasteiger partial charge in [0.1, 0.15) is 0 Å². The molecule has 0 aromatic rings. The molecule has 3 nitrogen and oxygen atoms in total. The third-order valence-corrected chi connectivity index (χ3v) is 1.64. The van der Waals surface area contributed by atoms with E-state index in [1.807, 2.05) is 19.0 Å². The summed E-state index contributed by atoms with van der Waals surface area (Å²) in [6, 6.07) is 0.697. The van der Waals surface area contributed by atoms with Crippen molar-refractivity contribution < 1.29 is 0 Å². The van der Waals surface area contributed by atoms with Crippen molar-refractivity contribution in [2.75, 3.05) is 20.6 Å². The van der Waals surface area contributed by atoms with Gasteiger partial charge in [-0.3, -0.25) is 4.99 Å². The monoisotopic (exact) mass is 155 g/mol. The second-order valence-electron chi connectivity index (χ2n) is 3.11. The van der Waals surface area contributed by atoms with Gasteiger partial charge in [-0.1, -0.05) is 0 Å². The fourth-order valence-electron chi connectivity index (χ4n) is 0.876. The number of rotatable bonds is 2. The van der Waals surface area contributed by atoms with Crippen LogP contribution in [0.15, 0.2) is 4.99 Å². The number of nitrogens with zero attached hydrogens (tertiary/aromatic N) is 2. The predicted octanol–water partition coefficient (Wildman–Crippen LogP) is 0.676. The smallest absolute Gasteiger partial charge is 0.193 e. The third-order valence-electron chi connectivity index (χ3n) is 1.64. The minimum atomic E-state index is 0.697. The van der Waals surface area contributed by atoms with Gasteiger partial charge in [0.25, 0.3) is 0 Å². The predicted molar refractivity (Wildman–Crippen MR) is 47.8 cm³/mol. The molecule has 0 heterocycles. The van der Waals surface area contributed by atoms with E-state index in [2.05, 4.69) is 17.2 Å². The van der Waals surface area contributed by atoms with Gasteiger partial charge >= 0.3 is 0 Å². The van der Waals surface area contributed by atoms with Crippen LogP contribution in [0.4, 0.5) is 0 Å². The molecule has 1 aliphatic rings. The van der Waals surface area contributed by atoms with Gasteiger partial charge in [-0.15, -0.1) is 0 Å². The van der Waals surface area contributed by atoms with E-state index in [-0.39, 0.29) is 0 Å². The van der Waals surface area contributed by atoms with Gasteiger partial charge in [0.15, 0.2) is 5.96 Å². The van der Waals surface area contributed by atoms with Crippen molar-refractivity contribution in [3.63, 3.8) is 0 Å². The van der Waals surface area contributed by atoms with Gasteiger partial charge in [0.2, 0.25) is 0 Å². The summed E-state index contributed by atoms with van der Waals surface area (Å²) in [5.74, 6) is 1.02. The van der Waals surface area contributed by atoms with Crippen LogP contribution in [0, 0.1) is 0 Å². The summed E-state index contributed by atoms with van der Waals surface area (Å²) in [5.41, 5.74) is 0. The molecule has 64 valence electrons. The Morgan fingerprint density at radius 2 is 2.18 bits per heavy atom. The molecule has 0 aromatic carbocycles. The largest absolute Gasteiger partial charge is 0.354 e. The Morgan fingerprint density at radius 1 is 1.55 bits per heavy atom. The van der Waals surface area contributed by atoms with Crippen molar-refractivity contribution in [1.29, 1.82) is 0 Å². The first-order valence-corrected chi connectivity index (χ1v) is 4.22. The summed E-state index contributed by atoms with van der Waals surface area (Å²) in [6.07, 6.45) is 2.60. The van der Waals surface area contributed by atoms with E-state index in [0.29, 0.717) is 6.04 Å². The number of hydrogen-bond donors (Lipinski definition) is 1. The van der Waals surface area contributed by atoms with Gasteiger partial charge in [0.05, 0.1) is 0 Å². The molecule has 1 fully saturated rings. The van der Waals surface area contributed by atoms with Gasteiger partial charge in [-0.05, 0) is 19.8 Å². The maximum Gasteiger partial charge on any atom is 0.193 e. The zero-order valence-corrected chi connectivity index (χ0v) is 7.59. The Labute approximate surface area is 68.5 Å². The van der Waals surface area contributed by atoms with Crippen LogP contribution in [-0.2, 0) is 0 Å². The summed E-state index contributed by atoms with van der Waals surface area (Å²) < 4.78 is 0. The maximum atomic E-state index is 4.34. The molecule has 11 heavy (non-hydrogen) atoms. The van der Waals surface area contributed by atoms with Crippen molar-refractivity contribution >= 4 is 5.96 Å². The lowest BCUT2D eigenvalue weighted by molar-refractivity contribution is 0.579. The van der Waals surface area contributed by atoms with Gasteiger partial charge in [-0.2, -0.15) is 0 Å². The Hall–Kier alpha value is -0.730. The average molecular weight is 155 g/mol. The summed E-state index contributed by atoms with van der Waals surface area (Å²) in [5, 5.41) is 3.37. The van der Waals surface area contributed by atoms with E-state index in [1.54, 1.807) is 0 Å². The van der Waals surface area contributed by atoms with Crippen LogP contribution in [0.2, 0.25) is 0 Å². The second kappa shape index (κ2) is 3.60. The highest BCUT2D eigenvalue weighted by Gasteiger charge is 2.22. The number of aliphatic imine (C=N–C) groups is 1. The van der Waals surface area contributed by atoms with Crippen LogP contribution < -0.4 is 5.32 Å². The Bertz CT molecular complexity index is 147. The molecule has 1 N–H and O–H groups in total. The van der Waals surface area contributed by atoms with Crippen LogP contribution in [0.25, 0.3) is 0 Å². The second-order valence-corrected chi connectivity index (χ2v) is 3.11. The van der Waals surface area contributed by atoms with Crippen molar-refractivity contribution in [2.45, 2.75) is 25.8 Å². The van der Waals surface area contributed by atoms with Gasteiger partial charge in [0, 0.05) is 26.7 Å². The van der Waals surface area contributed by atoms with Crippen LogP contribution in [0.3, 0.4) is 0 Å². The molecule has 0 atom stereocenters. The van der Waals surface area contributed by atoms with Crippen LogP contribution in [0.5, 0.6) is 0 Å². The topological polar surface area (TPSA) is 27.6 Å². The standard InChI is InChI=1S/C8H17N3/c1-4-9-8(11(2)3)10-7-5-6-7/h7H,4-6H2,1-3H3,(H,9,10). The molecule has 1 rings (SSSR count). The molecule has 0 spiro atoms. The van der Waals surface area contributed by atoms with Crippen LogP contribution >= 0.6 is 0 Å². The maximum absolute atomic E-state index is 4.34. The molecule has 3 heteroatoms. The molecule has 0 unspecified atom stereocenters. The first-order valence-electron chi connectivity index (χ1n) is 4.22. The SMILES string of the molecule is CCN=C(NC1CC1)N(C)C. The lowest BCUT2D eigenvalue weighted by Gasteiger charge is -2.16. The van der Waals surface area contributed by atoms with Crippen molar-refractivity contribution in [3.05, 3.63) is 0 Å². The highest BCUT2D eigenvalue weighted by Crippen LogP contribution is 2.18. The van der Waals surface area contributed by atoms with Crippen molar-refractivity contribution in [1.82, 2.24) is 10.2 Å². The molecule has 0 amide bonds. The summed E-state index contributed by atoms with van der Waals surface area (Å²) >= 11 is 0. The molecule has 0 radical (unpaired) electrons. The summed E-state index contributed by atoms with van der Waals surface area (Å²) in [4.78, 5) is 6.36. The Kier molecular flexibility index (Phi) is 2.74. The Morgan fingerprint density at radius 3 is 2.55 bits per heavy atom.